The molecule has 9 heteroatoms. The number of amides is 1. The zero-order chi connectivity index (χ0) is 24.0. The summed E-state index contributed by atoms with van der Waals surface area (Å²) in [5, 5.41) is 7.48. The molecule has 6 nitrogen and oxygen atoms in total. The van der Waals surface area contributed by atoms with Gasteiger partial charge >= 0.3 is 0 Å². The smallest absolute Gasteiger partial charge is 0.236 e. The number of carbonyl (C=O) groups is 1. The van der Waals surface area contributed by atoms with Crippen LogP contribution in [0.3, 0.4) is 0 Å². The van der Waals surface area contributed by atoms with Gasteiger partial charge in [0, 0.05) is 26.4 Å². The Labute approximate surface area is 216 Å². The van der Waals surface area contributed by atoms with Crippen LogP contribution in [0.2, 0.25) is 5.02 Å². The molecular weight excluding hydrogens is 538 g/mol. The first-order valence-electron chi connectivity index (χ1n) is 10.6. The average Bonchev–Trinajstić information content (AvgIpc) is 2.79. The van der Waals surface area contributed by atoms with Crippen LogP contribution < -0.4 is 25.0 Å². The average molecular weight is 559 g/mol. The normalized spacial score (nSPS) is 22.8. The molecule has 34 heavy (non-hydrogen) atoms. The monoisotopic (exact) mass is 557 g/mol. The van der Waals surface area contributed by atoms with Crippen molar-refractivity contribution in [1.82, 2.24) is 5.32 Å². The maximum atomic E-state index is 13.8. The first-order valence-corrected chi connectivity index (χ1v) is 12.2. The summed E-state index contributed by atoms with van der Waals surface area (Å²) in [5.74, 6) is 0.309. The molecule has 0 saturated carbocycles. The Morgan fingerprint density at radius 1 is 1.21 bits per heavy atom. The molecule has 2 heterocycles. The maximum absolute atomic E-state index is 13.8. The van der Waals surface area contributed by atoms with Gasteiger partial charge in [0.25, 0.3) is 0 Å². The third-order valence-corrected chi connectivity index (χ3v) is 7.22. The highest BCUT2D eigenvalue weighted by Crippen LogP contribution is 2.52. The van der Waals surface area contributed by atoms with Crippen molar-refractivity contribution in [3.8, 4) is 11.5 Å². The molecule has 0 radical (unpaired) electrons. The van der Waals surface area contributed by atoms with Gasteiger partial charge in [0.1, 0.15) is 5.92 Å². The van der Waals surface area contributed by atoms with Gasteiger partial charge < -0.3 is 20.1 Å². The van der Waals surface area contributed by atoms with Crippen molar-refractivity contribution in [2.24, 2.45) is 5.92 Å². The number of halogens is 2. The van der Waals surface area contributed by atoms with Gasteiger partial charge in [0.2, 0.25) is 5.91 Å². The van der Waals surface area contributed by atoms with Gasteiger partial charge in [-0.3, -0.25) is 9.69 Å². The van der Waals surface area contributed by atoms with Gasteiger partial charge in [-0.2, -0.15) is 0 Å². The molecule has 1 saturated heterocycles. The number of carbonyl (C=O) groups excluding carboxylic acids is 1. The number of nitrogens with zero attached hydrogens (tertiary/aromatic N) is 1. The molecule has 2 N–H and O–H groups in total. The number of hydrogen-bond acceptors (Lipinski definition) is 4. The van der Waals surface area contributed by atoms with Crippen molar-refractivity contribution >= 4 is 62.1 Å². The number of thiocarbonyl (C=S) groups is 1. The van der Waals surface area contributed by atoms with Crippen LogP contribution in [0.4, 0.5) is 11.4 Å². The van der Waals surface area contributed by atoms with Crippen LogP contribution in [0.25, 0.3) is 0 Å². The molecule has 0 spiro atoms. The van der Waals surface area contributed by atoms with Crippen molar-refractivity contribution in [2.45, 2.75) is 18.7 Å². The zero-order valence-corrected chi connectivity index (χ0v) is 21.5. The lowest BCUT2D eigenvalue weighted by molar-refractivity contribution is -0.130. The lowest BCUT2D eigenvalue weighted by Crippen LogP contribution is -2.72. The summed E-state index contributed by atoms with van der Waals surface area (Å²) in [5.41, 5.74) is 1.09. The second kappa shape index (κ2) is 8.76. The van der Waals surface area contributed by atoms with E-state index in [1.54, 1.807) is 31.4 Å². The molecule has 1 amide bonds. The standard InChI is InChI=1S/C25H21BrClN3O3S/c1-25-20(23(31)28-16-11-9-15(27)10-12-16)21(18-7-4-8-19(32-2)22(18)33-25)29-24(34)30(25)17-6-3-5-14(26)13-17/h3-13,20-21H,1-2H3,(H,28,31)(H,29,34). The summed E-state index contributed by atoms with van der Waals surface area (Å²) < 4.78 is 13.1. The molecular formula is C25H21BrClN3O3S. The van der Waals surface area contributed by atoms with E-state index in [4.69, 9.17) is 33.3 Å². The molecule has 2 aliphatic heterocycles. The van der Waals surface area contributed by atoms with E-state index in [9.17, 15) is 4.79 Å². The number of benzene rings is 3. The van der Waals surface area contributed by atoms with Crippen molar-refractivity contribution in [2.75, 3.05) is 17.3 Å². The highest BCUT2D eigenvalue weighted by molar-refractivity contribution is 9.10. The third-order valence-electron chi connectivity index (χ3n) is 6.17. The van der Waals surface area contributed by atoms with E-state index in [-0.39, 0.29) is 5.91 Å². The van der Waals surface area contributed by atoms with Gasteiger partial charge in [0.15, 0.2) is 22.3 Å². The lowest BCUT2D eigenvalue weighted by Gasteiger charge is -2.56. The van der Waals surface area contributed by atoms with Crippen molar-refractivity contribution < 1.29 is 14.3 Å². The Hall–Kier alpha value is -2.81. The Morgan fingerprint density at radius 2 is 1.94 bits per heavy atom. The van der Waals surface area contributed by atoms with Crippen LogP contribution in [0.5, 0.6) is 11.5 Å². The highest BCUT2D eigenvalue weighted by atomic mass is 79.9. The summed E-state index contributed by atoms with van der Waals surface area (Å²) in [7, 11) is 1.60. The predicted octanol–water partition coefficient (Wildman–Crippen LogP) is 5.91. The minimum Gasteiger partial charge on any atom is -0.493 e. The first-order chi connectivity index (χ1) is 16.3. The van der Waals surface area contributed by atoms with Crippen LogP contribution in [0, 0.1) is 5.92 Å². The fourth-order valence-corrected chi connectivity index (χ4v) is 5.62. The summed E-state index contributed by atoms with van der Waals surface area (Å²) in [6.07, 6.45) is 0. The molecule has 2 bridgehead atoms. The number of hydrogen-bond donors (Lipinski definition) is 2. The number of ether oxygens (including phenoxy) is 2. The van der Waals surface area contributed by atoms with Crippen LogP contribution >= 0.6 is 39.7 Å². The fraction of sp³-hybridized carbons (Fsp3) is 0.200. The molecule has 3 atom stereocenters. The molecule has 3 aromatic carbocycles. The molecule has 5 rings (SSSR count). The molecule has 0 aliphatic carbocycles. The fourth-order valence-electron chi connectivity index (χ4n) is 4.69. The highest BCUT2D eigenvalue weighted by Gasteiger charge is 2.59. The Bertz CT molecular complexity index is 1290. The number of fused-ring (bicyclic) bond motifs is 4. The minimum absolute atomic E-state index is 0.210. The second-order valence-corrected chi connectivity index (χ2v) is 9.99. The summed E-state index contributed by atoms with van der Waals surface area (Å²) >= 11 is 15.3. The van der Waals surface area contributed by atoms with Gasteiger partial charge in [-0.15, -0.1) is 0 Å². The number of para-hydroxylation sites is 1. The van der Waals surface area contributed by atoms with E-state index in [0.717, 1.165) is 15.7 Å². The van der Waals surface area contributed by atoms with Gasteiger partial charge in [-0.1, -0.05) is 45.7 Å². The number of methoxy groups -OCH3 is 1. The number of rotatable bonds is 4. The molecule has 174 valence electrons. The largest absolute Gasteiger partial charge is 0.493 e. The zero-order valence-electron chi connectivity index (χ0n) is 18.3. The lowest BCUT2D eigenvalue weighted by atomic mass is 9.78. The maximum Gasteiger partial charge on any atom is 0.236 e. The Balaban J connectivity index is 1.65. The minimum atomic E-state index is -1.15. The van der Waals surface area contributed by atoms with E-state index >= 15 is 0 Å². The molecule has 3 unspecified atom stereocenters. The number of anilines is 2. The van der Waals surface area contributed by atoms with E-state index < -0.39 is 17.7 Å². The third kappa shape index (κ3) is 3.79. The Kier molecular flexibility index (Phi) is 5.91. The van der Waals surface area contributed by atoms with Gasteiger partial charge in [0.05, 0.1) is 13.2 Å². The summed E-state index contributed by atoms with van der Waals surface area (Å²) in [6, 6.07) is 19.9. The molecule has 2 aliphatic rings. The van der Waals surface area contributed by atoms with E-state index in [1.807, 2.05) is 54.3 Å². The predicted molar refractivity (Wildman–Crippen MR) is 141 cm³/mol. The van der Waals surface area contributed by atoms with E-state index in [0.29, 0.717) is 27.3 Å². The van der Waals surface area contributed by atoms with E-state index in [2.05, 4.69) is 26.6 Å². The Morgan fingerprint density at radius 3 is 2.65 bits per heavy atom. The van der Waals surface area contributed by atoms with Crippen LogP contribution in [-0.2, 0) is 4.79 Å². The SMILES string of the molecule is COc1cccc2c1OC1(C)C(C(=O)Nc3ccc(Cl)cc3)C2NC(=S)N1c1cccc(Br)c1. The number of nitrogens with one attached hydrogen (secondary N) is 2. The first kappa shape index (κ1) is 23.0. The quantitative estimate of drug-likeness (QED) is 0.388. The molecule has 1 fully saturated rings. The van der Waals surface area contributed by atoms with Crippen molar-refractivity contribution in [3.05, 3.63) is 81.8 Å². The summed E-state index contributed by atoms with van der Waals surface area (Å²) in [6.45, 7) is 1.88. The molecule has 3 aromatic rings. The topological polar surface area (TPSA) is 62.8 Å². The van der Waals surface area contributed by atoms with Crippen LogP contribution in [0.15, 0.2) is 71.2 Å². The molecule has 0 aromatic heterocycles. The van der Waals surface area contributed by atoms with Crippen LogP contribution in [0.1, 0.15) is 18.5 Å². The second-order valence-electron chi connectivity index (χ2n) is 8.25. The van der Waals surface area contributed by atoms with Crippen molar-refractivity contribution in [3.63, 3.8) is 0 Å². The van der Waals surface area contributed by atoms with Crippen molar-refractivity contribution in [1.29, 1.82) is 0 Å². The van der Waals surface area contributed by atoms with Gasteiger partial charge in [-0.05, 0) is 67.7 Å². The van der Waals surface area contributed by atoms with Crippen LogP contribution in [-0.4, -0.2) is 23.9 Å². The van der Waals surface area contributed by atoms with Gasteiger partial charge in [-0.25, -0.2) is 0 Å². The van der Waals surface area contributed by atoms with E-state index in [1.165, 1.54) is 0 Å². The summed E-state index contributed by atoms with van der Waals surface area (Å²) in [4.78, 5) is 15.7.